The smallest absolute Gasteiger partial charge is 0.371 e. The van der Waals surface area contributed by atoms with Crippen molar-refractivity contribution in [2.24, 2.45) is 0 Å². The van der Waals surface area contributed by atoms with E-state index in [1.807, 2.05) is 20.8 Å². The number of hydrogen-bond donors (Lipinski definition) is 2. The molecule has 0 spiro atoms. The number of hydrogen-bond acceptors (Lipinski definition) is 3. The number of carboxylic acid groups (broad SMARTS) is 1. The van der Waals surface area contributed by atoms with E-state index in [-0.39, 0.29) is 11.5 Å². The van der Waals surface area contributed by atoms with Gasteiger partial charge in [-0.05, 0) is 49.6 Å². The average Bonchev–Trinajstić information content (AvgIpc) is 2.86. The summed E-state index contributed by atoms with van der Waals surface area (Å²) in [6, 6.07) is 6.74. The van der Waals surface area contributed by atoms with Crippen molar-refractivity contribution in [3.8, 4) is 0 Å². The van der Waals surface area contributed by atoms with Gasteiger partial charge in [0.1, 0.15) is 0 Å². The first-order chi connectivity index (χ1) is 9.88. The minimum atomic E-state index is -1.20. The second-order valence-electron chi connectivity index (χ2n) is 5.03. The van der Waals surface area contributed by atoms with Gasteiger partial charge in [0.15, 0.2) is 5.76 Å². The Bertz CT molecular complexity index is 677. The summed E-state index contributed by atoms with van der Waals surface area (Å²) in [7, 11) is 0. The van der Waals surface area contributed by atoms with Crippen LogP contribution in [0.25, 0.3) is 0 Å². The zero-order valence-electron chi connectivity index (χ0n) is 12.2. The molecule has 1 aromatic heterocycles. The Morgan fingerprint density at radius 2 is 1.67 bits per heavy atom. The van der Waals surface area contributed by atoms with Crippen LogP contribution in [0.5, 0.6) is 0 Å². The van der Waals surface area contributed by atoms with Gasteiger partial charge in [0.05, 0.1) is 0 Å². The average molecular weight is 287 g/mol. The van der Waals surface area contributed by atoms with Gasteiger partial charge in [-0.15, -0.1) is 0 Å². The third kappa shape index (κ3) is 3.31. The Morgan fingerprint density at radius 3 is 2.19 bits per heavy atom. The molecule has 0 aliphatic heterocycles. The van der Waals surface area contributed by atoms with Gasteiger partial charge in [-0.3, -0.25) is 4.79 Å². The van der Waals surface area contributed by atoms with Crippen LogP contribution in [0.4, 0.5) is 0 Å². The van der Waals surface area contributed by atoms with Crippen LogP contribution in [0.2, 0.25) is 0 Å². The number of carbonyl (C=O) groups is 2. The van der Waals surface area contributed by atoms with E-state index in [0.29, 0.717) is 6.54 Å². The van der Waals surface area contributed by atoms with Gasteiger partial charge in [-0.25, -0.2) is 4.79 Å². The largest absolute Gasteiger partial charge is 0.475 e. The molecular formula is C16H17NO4. The molecule has 2 aromatic rings. The SMILES string of the molecule is Cc1cc(C)c(CNC(=O)c2ccc(C(=O)O)o2)c(C)c1. The molecule has 0 aliphatic carbocycles. The molecule has 21 heavy (non-hydrogen) atoms. The van der Waals surface area contributed by atoms with Gasteiger partial charge < -0.3 is 14.8 Å². The van der Waals surface area contributed by atoms with E-state index < -0.39 is 11.9 Å². The van der Waals surface area contributed by atoms with Crippen molar-refractivity contribution in [3.05, 3.63) is 58.0 Å². The summed E-state index contributed by atoms with van der Waals surface area (Å²) in [6.45, 7) is 6.40. The van der Waals surface area contributed by atoms with Crippen molar-refractivity contribution in [1.29, 1.82) is 0 Å². The van der Waals surface area contributed by atoms with Crippen molar-refractivity contribution >= 4 is 11.9 Å². The summed E-state index contributed by atoms with van der Waals surface area (Å²) in [6.07, 6.45) is 0. The summed E-state index contributed by atoms with van der Waals surface area (Å²) < 4.78 is 4.96. The van der Waals surface area contributed by atoms with Gasteiger partial charge in [0.25, 0.3) is 5.91 Å². The Morgan fingerprint density at radius 1 is 1.10 bits per heavy atom. The highest BCUT2D eigenvalue weighted by Gasteiger charge is 2.15. The highest BCUT2D eigenvalue weighted by Crippen LogP contribution is 2.16. The lowest BCUT2D eigenvalue weighted by molar-refractivity contribution is 0.0659. The zero-order valence-corrected chi connectivity index (χ0v) is 12.2. The van der Waals surface area contributed by atoms with E-state index in [9.17, 15) is 9.59 Å². The van der Waals surface area contributed by atoms with Gasteiger partial charge >= 0.3 is 5.97 Å². The van der Waals surface area contributed by atoms with E-state index in [4.69, 9.17) is 9.52 Å². The van der Waals surface area contributed by atoms with E-state index in [1.165, 1.54) is 17.7 Å². The Kier molecular flexibility index (Phi) is 4.12. The summed E-state index contributed by atoms with van der Waals surface area (Å²) in [5, 5.41) is 11.5. The lowest BCUT2D eigenvalue weighted by Crippen LogP contribution is -2.23. The Labute approximate surface area is 122 Å². The fourth-order valence-corrected chi connectivity index (χ4v) is 2.32. The van der Waals surface area contributed by atoms with Crippen LogP contribution in [0.15, 0.2) is 28.7 Å². The lowest BCUT2D eigenvalue weighted by Gasteiger charge is -2.11. The zero-order chi connectivity index (χ0) is 15.6. The number of furan rings is 1. The molecule has 5 nitrogen and oxygen atoms in total. The molecule has 1 aromatic carbocycles. The lowest BCUT2D eigenvalue weighted by atomic mass is 10.00. The molecule has 2 N–H and O–H groups in total. The summed E-state index contributed by atoms with van der Waals surface area (Å²) in [5.41, 5.74) is 4.45. The molecule has 5 heteroatoms. The highest BCUT2D eigenvalue weighted by atomic mass is 16.4. The fourth-order valence-electron chi connectivity index (χ4n) is 2.32. The molecular weight excluding hydrogens is 270 g/mol. The fraction of sp³-hybridized carbons (Fsp3) is 0.250. The van der Waals surface area contributed by atoms with E-state index in [0.717, 1.165) is 16.7 Å². The molecule has 0 unspecified atom stereocenters. The third-order valence-corrected chi connectivity index (χ3v) is 3.31. The van der Waals surface area contributed by atoms with E-state index in [2.05, 4.69) is 17.4 Å². The molecule has 1 heterocycles. The van der Waals surface area contributed by atoms with Crippen molar-refractivity contribution in [3.63, 3.8) is 0 Å². The third-order valence-electron chi connectivity index (χ3n) is 3.31. The molecule has 0 bridgehead atoms. The van der Waals surface area contributed by atoms with Crippen molar-refractivity contribution in [1.82, 2.24) is 5.32 Å². The standard InChI is InChI=1S/C16H17NO4/c1-9-6-10(2)12(11(3)7-9)8-17-15(18)13-4-5-14(21-13)16(19)20/h4-7H,8H2,1-3H3,(H,17,18)(H,19,20). The molecule has 0 aliphatic rings. The molecule has 0 fully saturated rings. The predicted molar refractivity (Wildman–Crippen MR) is 77.5 cm³/mol. The molecule has 0 radical (unpaired) electrons. The van der Waals surface area contributed by atoms with Crippen LogP contribution in [-0.2, 0) is 6.54 Å². The van der Waals surface area contributed by atoms with Gasteiger partial charge in [-0.2, -0.15) is 0 Å². The van der Waals surface area contributed by atoms with Crippen molar-refractivity contribution < 1.29 is 19.1 Å². The van der Waals surface area contributed by atoms with Gasteiger partial charge in [-0.1, -0.05) is 17.7 Å². The number of rotatable bonds is 4. The number of aromatic carboxylic acids is 1. The van der Waals surface area contributed by atoms with Crippen LogP contribution in [-0.4, -0.2) is 17.0 Å². The van der Waals surface area contributed by atoms with Gasteiger partial charge in [0, 0.05) is 6.54 Å². The maximum absolute atomic E-state index is 11.9. The Balaban J connectivity index is 2.09. The minimum absolute atomic E-state index is 0.00480. The van der Waals surface area contributed by atoms with Crippen LogP contribution in [0.3, 0.4) is 0 Å². The van der Waals surface area contributed by atoms with Crippen molar-refractivity contribution in [2.75, 3.05) is 0 Å². The van der Waals surface area contributed by atoms with Crippen LogP contribution >= 0.6 is 0 Å². The summed E-state index contributed by atoms with van der Waals surface area (Å²) in [5.74, 6) is -1.88. The van der Waals surface area contributed by atoms with Crippen LogP contribution in [0, 0.1) is 20.8 Å². The van der Waals surface area contributed by atoms with Crippen molar-refractivity contribution in [2.45, 2.75) is 27.3 Å². The van der Waals surface area contributed by atoms with Crippen LogP contribution in [0.1, 0.15) is 43.4 Å². The predicted octanol–water partition coefficient (Wildman–Crippen LogP) is 2.83. The highest BCUT2D eigenvalue weighted by molar-refractivity contribution is 5.93. The summed E-state index contributed by atoms with van der Waals surface area (Å²) >= 11 is 0. The first-order valence-electron chi connectivity index (χ1n) is 6.56. The monoisotopic (exact) mass is 287 g/mol. The van der Waals surface area contributed by atoms with Gasteiger partial charge in [0.2, 0.25) is 5.76 Å². The number of carbonyl (C=O) groups excluding carboxylic acids is 1. The molecule has 0 saturated carbocycles. The molecule has 1 amide bonds. The topological polar surface area (TPSA) is 79.5 Å². The first kappa shape index (κ1) is 14.8. The normalized spacial score (nSPS) is 10.4. The molecule has 0 atom stereocenters. The number of carboxylic acids is 1. The molecule has 0 saturated heterocycles. The maximum atomic E-state index is 11.9. The number of nitrogens with one attached hydrogen (secondary N) is 1. The van der Waals surface area contributed by atoms with E-state index in [1.54, 1.807) is 0 Å². The molecule has 2 rings (SSSR count). The quantitative estimate of drug-likeness (QED) is 0.906. The molecule has 110 valence electrons. The number of amides is 1. The summed E-state index contributed by atoms with van der Waals surface area (Å²) in [4.78, 5) is 22.7. The minimum Gasteiger partial charge on any atom is -0.475 e. The second kappa shape index (κ2) is 5.83. The first-order valence-corrected chi connectivity index (χ1v) is 6.56. The maximum Gasteiger partial charge on any atom is 0.371 e. The van der Waals surface area contributed by atoms with E-state index >= 15 is 0 Å². The Hall–Kier alpha value is -2.56. The number of benzene rings is 1. The number of aryl methyl sites for hydroxylation is 3. The second-order valence-corrected chi connectivity index (χ2v) is 5.03. The van der Waals surface area contributed by atoms with Crippen LogP contribution < -0.4 is 5.32 Å².